The fraction of sp³-hybridized carbons (Fsp3) is 0.294. The Morgan fingerprint density at radius 3 is 2.70 bits per heavy atom. The molecule has 1 amide bonds. The number of carbonyl (C=O) groups excluding carboxylic acids is 2. The lowest BCUT2D eigenvalue weighted by molar-refractivity contribution is -0.121. The largest absolute Gasteiger partial charge is 0.313 e. The van der Waals surface area contributed by atoms with Crippen molar-refractivity contribution in [1.29, 1.82) is 0 Å². The molecule has 2 unspecified atom stereocenters. The molecule has 1 aliphatic heterocycles. The summed E-state index contributed by atoms with van der Waals surface area (Å²) in [5.41, 5.74) is 1.88. The number of amides is 1. The highest BCUT2D eigenvalue weighted by Crippen LogP contribution is 2.34. The number of carbonyl (C=O) groups is 2. The van der Waals surface area contributed by atoms with Crippen LogP contribution >= 0.6 is 11.8 Å². The number of hydrogen-bond donors (Lipinski definition) is 1. The Kier molecular flexibility index (Phi) is 4.83. The molecule has 6 heteroatoms. The summed E-state index contributed by atoms with van der Waals surface area (Å²) in [6.45, 7) is 0.785. The van der Waals surface area contributed by atoms with Gasteiger partial charge in [0.05, 0.1) is 11.3 Å². The topological polar surface area (TPSA) is 75.6 Å². The lowest BCUT2D eigenvalue weighted by atomic mass is 9.83. The van der Waals surface area contributed by atoms with Crippen molar-refractivity contribution in [3.8, 4) is 0 Å². The first-order chi connectivity index (χ1) is 11.2. The summed E-state index contributed by atoms with van der Waals surface area (Å²) in [4.78, 5) is 35.3. The van der Waals surface area contributed by atoms with Crippen LogP contribution in [-0.2, 0) is 16.0 Å². The molecule has 118 valence electrons. The van der Waals surface area contributed by atoms with E-state index in [0.717, 1.165) is 17.9 Å². The van der Waals surface area contributed by atoms with Gasteiger partial charge in [0.15, 0.2) is 5.78 Å². The molecule has 1 aliphatic carbocycles. The van der Waals surface area contributed by atoms with Gasteiger partial charge in [-0.05, 0) is 5.56 Å². The number of nitroso groups, excluding NO2 is 1. The van der Waals surface area contributed by atoms with Crippen LogP contribution in [0.15, 0.2) is 58.8 Å². The molecule has 2 aliphatic rings. The van der Waals surface area contributed by atoms with Crippen molar-refractivity contribution in [3.05, 3.63) is 64.1 Å². The highest BCUT2D eigenvalue weighted by Gasteiger charge is 2.39. The number of thioether (sulfide) groups is 1. The van der Waals surface area contributed by atoms with Crippen LogP contribution in [0.3, 0.4) is 0 Å². The molecule has 1 N–H and O–H groups in total. The van der Waals surface area contributed by atoms with Crippen molar-refractivity contribution in [2.75, 3.05) is 12.3 Å². The minimum atomic E-state index is -0.854. The van der Waals surface area contributed by atoms with E-state index in [1.54, 1.807) is 23.9 Å². The van der Waals surface area contributed by atoms with Crippen LogP contribution in [-0.4, -0.2) is 29.4 Å². The van der Waals surface area contributed by atoms with Crippen LogP contribution < -0.4 is 5.32 Å². The summed E-state index contributed by atoms with van der Waals surface area (Å²) in [5.74, 6) is -0.721. The Morgan fingerprint density at radius 2 is 2.04 bits per heavy atom. The Morgan fingerprint density at radius 1 is 1.26 bits per heavy atom. The van der Waals surface area contributed by atoms with Crippen LogP contribution in [0.25, 0.3) is 0 Å². The first-order valence-corrected chi connectivity index (χ1v) is 8.47. The highest BCUT2D eigenvalue weighted by atomic mass is 32.2. The van der Waals surface area contributed by atoms with Gasteiger partial charge in [0.25, 0.3) is 0 Å². The predicted octanol–water partition coefficient (Wildman–Crippen LogP) is 2.24. The zero-order valence-electron chi connectivity index (χ0n) is 12.4. The Labute approximate surface area is 138 Å². The summed E-state index contributed by atoms with van der Waals surface area (Å²) in [5, 5.41) is 5.55. The van der Waals surface area contributed by atoms with E-state index in [0.29, 0.717) is 12.0 Å². The second-order valence-corrected chi connectivity index (χ2v) is 6.71. The molecule has 0 aromatic heterocycles. The number of nitrogens with one attached hydrogen (secondary N) is 1. The van der Waals surface area contributed by atoms with Gasteiger partial charge >= 0.3 is 5.91 Å². The van der Waals surface area contributed by atoms with E-state index < -0.39 is 11.8 Å². The third-order valence-corrected chi connectivity index (χ3v) is 5.25. The van der Waals surface area contributed by atoms with Gasteiger partial charge in [0.1, 0.15) is 0 Å². The fourth-order valence-corrected chi connectivity index (χ4v) is 4.08. The molecule has 5 nitrogen and oxygen atoms in total. The molecular formula is C17H16N2O3S. The number of Topliss-reactive ketones (excluding diaryl/α,β-unsaturated/α-hetero) is 1. The van der Waals surface area contributed by atoms with Crippen molar-refractivity contribution < 1.29 is 9.59 Å². The molecule has 0 saturated carbocycles. The summed E-state index contributed by atoms with van der Waals surface area (Å²) < 4.78 is 0. The van der Waals surface area contributed by atoms with Crippen molar-refractivity contribution >= 4 is 23.5 Å². The van der Waals surface area contributed by atoms with Crippen LogP contribution in [0, 0.1) is 10.8 Å². The SMILES string of the molecule is O=NC(=O)C1=CC=C(Cc2ccccc2)C(=O)C1C1NCCS1. The number of hydrogen-bond acceptors (Lipinski definition) is 5. The molecule has 23 heavy (non-hydrogen) atoms. The lowest BCUT2D eigenvalue weighted by Crippen LogP contribution is -2.39. The van der Waals surface area contributed by atoms with Crippen LogP contribution in [0.2, 0.25) is 0 Å². The van der Waals surface area contributed by atoms with Gasteiger partial charge in [-0.15, -0.1) is 16.7 Å². The fourth-order valence-electron chi connectivity index (χ4n) is 2.90. The average molecular weight is 328 g/mol. The van der Waals surface area contributed by atoms with Gasteiger partial charge in [0, 0.05) is 35.0 Å². The number of allylic oxidation sites excluding steroid dienone is 3. The zero-order valence-corrected chi connectivity index (χ0v) is 13.2. The molecule has 3 rings (SSSR count). The second kappa shape index (κ2) is 7.02. The zero-order chi connectivity index (χ0) is 16.2. The molecule has 2 atom stereocenters. The summed E-state index contributed by atoms with van der Waals surface area (Å²) in [7, 11) is 0. The number of benzene rings is 1. The van der Waals surface area contributed by atoms with Gasteiger partial charge in [-0.25, -0.2) is 0 Å². The quantitative estimate of drug-likeness (QED) is 0.858. The monoisotopic (exact) mass is 328 g/mol. The van der Waals surface area contributed by atoms with E-state index in [9.17, 15) is 14.5 Å². The lowest BCUT2D eigenvalue weighted by Gasteiger charge is -2.26. The van der Waals surface area contributed by atoms with Crippen molar-refractivity contribution in [3.63, 3.8) is 0 Å². The van der Waals surface area contributed by atoms with Crippen LogP contribution in [0.1, 0.15) is 5.56 Å². The van der Waals surface area contributed by atoms with E-state index in [1.807, 2.05) is 30.3 Å². The van der Waals surface area contributed by atoms with Crippen LogP contribution in [0.4, 0.5) is 0 Å². The van der Waals surface area contributed by atoms with Crippen molar-refractivity contribution in [2.45, 2.75) is 11.8 Å². The summed E-state index contributed by atoms with van der Waals surface area (Å²) in [6.07, 6.45) is 3.73. The standard InChI is InChI=1S/C17H16N2O3S/c20-15-12(10-11-4-2-1-3-5-11)6-7-13(16(21)19-22)14(15)17-18-8-9-23-17/h1-7,14,17-18H,8-10H2. The molecule has 1 aromatic carbocycles. The van der Waals surface area contributed by atoms with E-state index in [-0.39, 0.29) is 16.7 Å². The molecule has 0 bridgehead atoms. The van der Waals surface area contributed by atoms with Gasteiger partial charge in [0.2, 0.25) is 0 Å². The first-order valence-electron chi connectivity index (χ1n) is 7.42. The maximum atomic E-state index is 12.9. The minimum absolute atomic E-state index is 0.102. The predicted molar refractivity (Wildman–Crippen MR) is 89.9 cm³/mol. The molecule has 0 radical (unpaired) electrons. The summed E-state index contributed by atoms with van der Waals surface area (Å²) in [6, 6.07) is 9.70. The Balaban J connectivity index is 1.91. The average Bonchev–Trinajstić information content (AvgIpc) is 3.11. The summed E-state index contributed by atoms with van der Waals surface area (Å²) >= 11 is 1.60. The highest BCUT2D eigenvalue weighted by molar-refractivity contribution is 8.00. The van der Waals surface area contributed by atoms with Crippen LogP contribution in [0.5, 0.6) is 0 Å². The smallest absolute Gasteiger partial charge is 0.304 e. The molecule has 0 spiro atoms. The van der Waals surface area contributed by atoms with Gasteiger partial charge in [-0.2, -0.15) is 0 Å². The van der Waals surface area contributed by atoms with E-state index in [1.165, 1.54) is 0 Å². The van der Waals surface area contributed by atoms with Gasteiger partial charge in [-0.1, -0.05) is 42.5 Å². The van der Waals surface area contributed by atoms with Gasteiger partial charge < -0.3 is 5.32 Å². The third kappa shape index (κ3) is 3.33. The van der Waals surface area contributed by atoms with Gasteiger partial charge in [-0.3, -0.25) is 9.59 Å². The molecule has 1 saturated heterocycles. The Hall–Kier alpha value is -2.05. The van der Waals surface area contributed by atoms with E-state index in [4.69, 9.17) is 0 Å². The van der Waals surface area contributed by atoms with E-state index in [2.05, 4.69) is 10.5 Å². The molecule has 1 aromatic rings. The molecular weight excluding hydrogens is 312 g/mol. The van der Waals surface area contributed by atoms with Crippen molar-refractivity contribution in [2.24, 2.45) is 11.1 Å². The van der Waals surface area contributed by atoms with E-state index >= 15 is 0 Å². The number of ketones is 1. The number of nitrogens with zero attached hydrogens (tertiary/aromatic N) is 1. The Bertz CT molecular complexity index is 691. The maximum Gasteiger partial charge on any atom is 0.313 e. The van der Waals surface area contributed by atoms with Crippen molar-refractivity contribution in [1.82, 2.24) is 5.32 Å². The maximum absolute atomic E-state index is 12.9. The number of rotatable bonds is 4. The third-order valence-electron chi connectivity index (χ3n) is 4.01. The normalized spacial score (nSPS) is 24.1. The second-order valence-electron chi connectivity index (χ2n) is 5.46. The molecule has 1 heterocycles. The first kappa shape index (κ1) is 15.8. The molecule has 1 fully saturated rings. The minimum Gasteiger partial charge on any atom is -0.304 e.